The van der Waals surface area contributed by atoms with Crippen LogP contribution in [-0.4, -0.2) is 9.38 Å². The Morgan fingerprint density at radius 3 is 2.38 bits per heavy atom. The second kappa shape index (κ2) is 4.96. The van der Waals surface area contributed by atoms with Crippen molar-refractivity contribution >= 4 is 60.7 Å². The smallest absolute Gasteiger partial charge is 0.146 e. The molecule has 0 amide bonds. The minimum absolute atomic E-state index is 0.752. The Hall–Kier alpha value is -3.10. The maximum Gasteiger partial charge on any atom is 0.146 e. The van der Waals surface area contributed by atoms with Crippen LogP contribution in [0.15, 0.2) is 78.9 Å². The fraction of sp³-hybridized carbons (Fsp3) is 0. The van der Waals surface area contributed by atoms with Crippen LogP contribution in [0.2, 0.25) is 5.02 Å². The number of fused-ring (bicyclic) bond motifs is 10. The summed E-state index contributed by atoms with van der Waals surface area (Å²) >= 11 is 6.33. The molecule has 0 atom stereocenters. The molecule has 3 heteroatoms. The zero-order valence-corrected chi connectivity index (χ0v) is 14.5. The number of aromatic nitrogens is 2. The SMILES string of the molecule is Clc1ccc2ccc3c(c2c1)c1ccccc1n1c2ccccc2nc31. The van der Waals surface area contributed by atoms with E-state index in [9.17, 15) is 0 Å². The fourth-order valence-corrected chi connectivity index (χ4v) is 4.27. The summed E-state index contributed by atoms with van der Waals surface area (Å²) in [6, 6.07) is 27.3. The maximum atomic E-state index is 6.33. The van der Waals surface area contributed by atoms with Crippen molar-refractivity contribution < 1.29 is 0 Å². The average molecular weight is 353 g/mol. The van der Waals surface area contributed by atoms with Crippen LogP contribution in [0.1, 0.15) is 0 Å². The van der Waals surface area contributed by atoms with Gasteiger partial charge in [0.25, 0.3) is 0 Å². The van der Waals surface area contributed by atoms with Gasteiger partial charge in [0, 0.05) is 21.2 Å². The normalized spacial score (nSPS) is 12.0. The number of imidazole rings is 1. The third-order valence-electron chi connectivity index (χ3n) is 5.20. The van der Waals surface area contributed by atoms with E-state index >= 15 is 0 Å². The highest BCUT2D eigenvalue weighted by molar-refractivity contribution is 6.32. The molecular formula is C23H13ClN2. The third kappa shape index (κ3) is 1.74. The second-order valence-electron chi connectivity index (χ2n) is 6.63. The third-order valence-corrected chi connectivity index (χ3v) is 5.43. The van der Waals surface area contributed by atoms with Gasteiger partial charge in [-0.15, -0.1) is 0 Å². The quantitative estimate of drug-likeness (QED) is 0.281. The number of halogens is 1. The van der Waals surface area contributed by atoms with E-state index in [2.05, 4.69) is 71.1 Å². The lowest BCUT2D eigenvalue weighted by Crippen LogP contribution is -1.92. The number of pyridine rings is 1. The standard InChI is InChI=1S/C23H13ClN2/c24-15-11-9-14-10-12-17-22(18(14)13-15)16-5-1-3-7-20(16)26-21-8-4-2-6-19(21)25-23(17)26/h1-13H. The van der Waals surface area contributed by atoms with E-state index in [4.69, 9.17) is 16.6 Å². The summed E-state index contributed by atoms with van der Waals surface area (Å²) in [5.41, 5.74) is 4.29. The van der Waals surface area contributed by atoms with Crippen molar-refractivity contribution in [3.63, 3.8) is 0 Å². The molecule has 0 saturated heterocycles. The summed E-state index contributed by atoms with van der Waals surface area (Å²) in [5.74, 6) is 0. The largest absolute Gasteiger partial charge is 0.292 e. The van der Waals surface area contributed by atoms with Crippen LogP contribution >= 0.6 is 11.6 Å². The maximum absolute atomic E-state index is 6.33. The Labute approximate surface area is 154 Å². The first kappa shape index (κ1) is 14.1. The van der Waals surface area contributed by atoms with Gasteiger partial charge in [-0.1, -0.05) is 54.1 Å². The van der Waals surface area contributed by atoms with Crippen molar-refractivity contribution in [1.29, 1.82) is 0 Å². The molecule has 4 aromatic carbocycles. The molecule has 0 unspecified atom stereocenters. The summed E-state index contributed by atoms with van der Waals surface area (Å²) in [5, 5.41) is 6.68. The van der Waals surface area contributed by atoms with Crippen LogP contribution in [0.3, 0.4) is 0 Å². The number of para-hydroxylation sites is 3. The molecule has 2 aromatic heterocycles. The Morgan fingerprint density at radius 2 is 1.46 bits per heavy atom. The molecule has 6 rings (SSSR count). The number of hydrogen-bond acceptors (Lipinski definition) is 1. The van der Waals surface area contributed by atoms with Gasteiger partial charge in [-0.25, -0.2) is 4.98 Å². The van der Waals surface area contributed by atoms with E-state index < -0.39 is 0 Å². The minimum Gasteiger partial charge on any atom is -0.292 e. The summed E-state index contributed by atoms with van der Waals surface area (Å²) < 4.78 is 2.27. The van der Waals surface area contributed by atoms with Gasteiger partial charge in [0.1, 0.15) is 5.65 Å². The van der Waals surface area contributed by atoms with Crippen molar-refractivity contribution in [3.8, 4) is 0 Å². The highest BCUT2D eigenvalue weighted by Crippen LogP contribution is 2.37. The number of nitrogens with zero attached hydrogens (tertiary/aromatic N) is 2. The van der Waals surface area contributed by atoms with Crippen LogP contribution in [0.25, 0.3) is 49.1 Å². The number of benzene rings is 4. The molecule has 0 saturated carbocycles. The molecule has 0 aliphatic heterocycles. The van der Waals surface area contributed by atoms with Crippen molar-refractivity contribution in [2.45, 2.75) is 0 Å². The van der Waals surface area contributed by atoms with Crippen LogP contribution in [0, 0.1) is 0 Å². The van der Waals surface area contributed by atoms with Crippen molar-refractivity contribution in [2.75, 3.05) is 0 Å². The van der Waals surface area contributed by atoms with E-state index in [-0.39, 0.29) is 0 Å². The number of hydrogen-bond donors (Lipinski definition) is 0. The highest BCUT2D eigenvalue weighted by Gasteiger charge is 2.15. The average Bonchev–Trinajstić information content (AvgIpc) is 3.07. The van der Waals surface area contributed by atoms with Crippen molar-refractivity contribution in [3.05, 3.63) is 83.9 Å². The molecule has 122 valence electrons. The van der Waals surface area contributed by atoms with Gasteiger partial charge in [0.05, 0.1) is 16.6 Å². The van der Waals surface area contributed by atoms with Crippen molar-refractivity contribution in [2.24, 2.45) is 0 Å². The summed E-state index contributed by atoms with van der Waals surface area (Å²) in [4.78, 5) is 4.95. The Morgan fingerprint density at radius 1 is 0.692 bits per heavy atom. The van der Waals surface area contributed by atoms with Crippen LogP contribution in [-0.2, 0) is 0 Å². The van der Waals surface area contributed by atoms with E-state index in [1.807, 2.05) is 12.1 Å². The summed E-state index contributed by atoms with van der Waals surface area (Å²) in [7, 11) is 0. The molecule has 0 aliphatic rings. The molecule has 6 aromatic rings. The fourth-order valence-electron chi connectivity index (χ4n) is 4.10. The van der Waals surface area contributed by atoms with Crippen LogP contribution in [0.5, 0.6) is 0 Å². The highest BCUT2D eigenvalue weighted by atomic mass is 35.5. The van der Waals surface area contributed by atoms with Gasteiger partial charge in [-0.3, -0.25) is 4.40 Å². The van der Waals surface area contributed by atoms with Gasteiger partial charge in [0.2, 0.25) is 0 Å². The molecule has 0 fully saturated rings. The first-order chi connectivity index (χ1) is 12.8. The van der Waals surface area contributed by atoms with Gasteiger partial charge < -0.3 is 0 Å². The first-order valence-electron chi connectivity index (χ1n) is 8.61. The lowest BCUT2D eigenvalue weighted by molar-refractivity contribution is 1.32. The molecule has 2 nitrogen and oxygen atoms in total. The Kier molecular flexibility index (Phi) is 2.69. The molecule has 0 bridgehead atoms. The Balaban J connectivity index is 2.03. The van der Waals surface area contributed by atoms with Crippen LogP contribution in [0.4, 0.5) is 0 Å². The van der Waals surface area contributed by atoms with E-state index in [0.717, 1.165) is 32.6 Å². The molecular weight excluding hydrogens is 340 g/mol. The summed E-state index contributed by atoms with van der Waals surface area (Å²) in [6.45, 7) is 0. The lowest BCUT2D eigenvalue weighted by atomic mass is 9.99. The molecule has 0 aliphatic carbocycles. The molecule has 26 heavy (non-hydrogen) atoms. The van der Waals surface area contributed by atoms with Crippen LogP contribution < -0.4 is 0 Å². The van der Waals surface area contributed by atoms with E-state index in [0.29, 0.717) is 0 Å². The first-order valence-corrected chi connectivity index (χ1v) is 8.99. The molecule has 0 N–H and O–H groups in total. The zero-order valence-electron chi connectivity index (χ0n) is 13.8. The van der Waals surface area contributed by atoms with E-state index in [1.165, 1.54) is 21.5 Å². The second-order valence-corrected chi connectivity index (χ2v) is 7.07. The van der Waals surface area contributed by atoms with E-state index in [1.54, 1.807) is 0 Å². The number of rotatable bonds is 0. The van der Waals surface area contributed by atoms with Gasteiger partial charge in [-0.05, 0) is 47.2 Å². The van der Waals surface area contributed by atoms with Gasteiger partial charge in [-0.2, -0.15) is 0 Å². The van der Waals surface area contributed by atoms with Gasteiger partial charge in [0.15, 0.2) is 0 Å². The minimum atomic E-state index is 0.752. The zero-order chi connectivity index (χ0) is 17.3. The predicted octanol–water partition coefficient (Wildman–Crippen LogP) is 6.60. The van der Waals surface area contributed by atoms with Gasteiger partial charge >= 0.3 is 0 Å². The lowest BCUT2D eigenvalue weighted by Gasteiger charge is -2.11. The Bertz CT molecular complexity index is 1490. The topological polar surface area (TPSA) is 17.3 Å². The summed E-state index contributed by atoms with van der Waals surface area (Å²) in [6.07, 6.45) is 0. The monoisotopic (exact) mass is 352 g/mol. The molecule has 0 radical (unpaired) electrons. The van der Waals surface area contributed by atoms with Crippen molar-refractivity contribution in [1.82, 2.24) is 9.38 Å². The predicted molar refractivity (Wildman–Crippen MR) is 110 cm³/mol. The molecule has 2 heterocycles. The molecule has 0 spiro atoms.